The zero-order chi connectivity index (χ0) is 15.2. The summed E-state index contributed by atoms with van der Waals surface area (Å²) < 4.78 is 2.17. The summed E-state index contributed by atoms with van der Waals surface area (Å²) in [6, 6.07) is 8.65. The smallest absolute Gasteiger partial charge is 0.223 e. The highest BCUT2D eigenvalue weighted by Gasteiger charge is 2.07. The molecule has 0 aliphatic rings. The van der Waals surface area contributed by atoms with E-state index in [-0.39, 0.29) is 5.91 Å². The number of carbonyl (C=O) groups excluding carboxylic acids is 1. The van der Waals surface area contributed by atoms with Gasteiger partial charge in [0.25, 0.3) is 0 Å². The quantitative estimate of drug-likeness (QED) is 0.795. The summed E-state index contributed by atoms with van der Waals surface area (Å²) in [7, 11) is 3.60. The van der Waals surface area contributed by atoms with E-state index in [2.05, 4.69) is 47.3 Å². The van der Waals surface area contributed by atoms with Gasteiger partial charge in [-0.3, -0.25) is 4.79 Å². The Balaban J connectivity index is 2.09. The predicted molar refractivity (Wildman–Crippen MR) is 87.2 cm³/mol. The minimum absolute atomic E-state index is 0.164. The maximum absolute atomic E-state index is 11.7. The van der Waals surface area contributed by atoms with Crippen LogP contribution in [0.2, 0.25) is 0 Å². The third kappa shape index (κ3) is 4.08. The van der Waals surface area contributed by atoms with E-state index in [1.165, 1.54) is 16.5 Å². The van der Waals surface area contributed by atoms with Gasteiger partial charge in [0.1, 0.15) is 0 Å². The van der Waals surface area contributed by atoms with Gasteiger partial charge in [-0.2, -0.15) is 0 Å². The Bertz CT molecular complexity index is 601. The summed E-state index contributed by atoms with van der Waals surface area (Å²) in [4.78, 5) is 13.4. The number of nitrogens with one attached hydrogen (secondary N) is 1. The van der Waals surface area contributed by atoms with E-state index in [1.54, 1.807) is 19.0 Å². The van der Waals surface area contributed by atoms with Crippen molar-refractivity contribution in [3.05, 3.63) is 36.0 Å². The first-order chi connectivity index (χ1) is 10.1. The standard InChI is InChI=1S/C17H25N3O/c1-4-9-18-13-14-5-6-15-7-10-20(16(15)12-14)11-8-17(21)19(2)3/h5-7,10,12,18H,4,8-9,11,13H2,1-3H3. The zero-order valence-electron chi connectivity index (χ0n) is 13.2. The molecule has 0 aliphatic carbocycles. The second-order valence-electron chi connectivity index (χ2n) is 5.62. The largest absolute Gasteiger partial charge is 0.349 e. The van der Waals surface area contributed by atoms with Crippen LogP contribution >= 0.6 is 0 Å². The number of aromatic nitrogens is 1. The van der Waals surface area contributed by atoms with Crippen LogP contribution in [0, 0.1) is 0 Å². The molecule has 2 rings (SSSR count). The van der Waals surface area contributed by atoms with E-state index < -0.39 is 0 Å². The number of nitrogens with zero attached hydrogens (tertiary/aromatic N) is 2. The number of aryl methyl sites for hydroxylation is 1. The summed E-state index contributed by atoms with van der Waals surface area (Å²) >= 11 is 0. The molecule has 0 unspecified atom stereocenters. The molecular weight excluding hydrogens is 262 g/mol. The molecule has 1 aromatic heterocycles. The third-order valence-corrected chi connectivity index (χ3v) is 3.66. The van der Waals surface area contributed by atoms with Crippen LogP contribution in [0.25, 0.3) is 10.9 Å². The fraction of sp³-hybridized carbons (Fsp3) is 0.471. The molecule has 0 atom stereocenters. The van der Waals surface area contributed by atoms with Crippen LogP contribution in [0.5, 0.6) is 0 Å². The van der Waals surface area contributed by atoms with Crippen LogP contribution in [-0.2, 0) is 17.9 Å². The van der Waals surface area contributed by atoms with E-state index in [4.69, 9.17) is 0 Å². The van der Waals surface area contributed by atoms with Crippen LogP contribution in [-0.4, -0.2) is 36.0 Å². The summed E-state index contributed by atoms with van der Waals surface area (Å²) in [5.74, 6) is 0.164. The molecule has 1 aromatic carbocycles. The lowest BCUT2D eigenvalue weighted by molar-refractivity contribution is -0.128. The van der Waals surface area contributed by atoms with Crippen molar-refractivity contribution in [1.82, 2.24) is 14.8 Å². The minimum atomic E-state index is 0.164. The lowest BCUT2D eigenvalue weighted by Crippen LogP contribution is -2.22. The molecule has 0 aliphatic heterocycles. The molecule has 0 saturated carbocycles. The molecular formula is C17H25N3O. The first-order valence-corrected chi connectivity index (χ1v) is 7.60. The average molecular weight is 287 g/mol. The Kier molecular flexibility index (Phi) is 5.39. The predicted octanol–water partition coefficient (Wildman–Crippen LogP) is 2.62. The van der Waals surface area contributed by atoms with Gasteiger partial charge in [-0.25, -0.2) is 0 Å². The third-order valence-electron chi connectivity index (χ3n) is 3.66. The number of benzene rings is 1. The topological polar surface area (TPSA) is 37.3 Å². The number of carbonyl (C=O) groups is 1. The number of amides is 1. The molecule has 4 heteroatoms. The lowest BCUT2D eigenvalue weighted by atomic mass is 10.1. The first-order valence-electron chi connectivity index (χ1n) is 7.60. The van der Waals surface area contributed by atoms with E-state index >= 15 is 0 Å². The van der Waals surface area contributed by atoms with Gasteiger partial charge in [0.15, 0.2) is 0 Å². The number of rotatable bonds is 7. The van der Waals surface area contributed by atoms with Gasteiger partial charge in [-0.05, 0) is 36.0 Å². The van der Waals surface area contributed by atoms with Gasteiger partial charge in [-0.15, -0.1) is 0 Å². The van der Waals surface area contributed by atoms with Crippen molar-refractivity contribution in [3.8, 4) is 0 Å². The molecule has 1 N–H and O–H groups in total. The summed E-state index contributed by atoms with van der Waals surface area (Å²) in [6.07, 6.45) is 3.75. The van der Waals surface area contributed by atoms with Crippen molar-refractivity contribution in [2.24, 2.45) is 0 Å². The van der Waals surface area contributed by atoms with Gasteiger partial charge in [0.2, 0.25) is 5.91 Å². The van der Waals surface area contributed by atoms with Crippen LogP contribution in [0.3, 0.4) is 0 Å². The van der Waals surface area contributed by atoms with E-state index in [0.717, 1.165) is 26.1 Å². The van der Waals surface area contributed by atoms with Crippen LogP contribution in [0.1, 0.15) is 25.3 Å². The molecule has 0 saturated heterocycles. The average Bonchev–Trinajstić information content (AvgIpc) is 2.87. The Labute approximate surface area is 126 Å². The zero-order valence-corrected chi connectivity index (χ0v) is 13.2. The first kappa shape index (κ1) is 15.6. The SMILES string of the molecule is CCCNCc1ccc2ccn(CCC(=O)N(C)C)c2c1. The number of hydrogen-bond acceptors (Lipinski definition) is 2. The van der Waals surface area contributed by atoms with Crippen LogP contribution < -0.4 is 5.32 Å². The van der Waals surface area contributed by atoms with Gasteiger partial charge >= 0.3 is 0 Å². The monoisotopic (exact) mass is 287 g/mol. The van der Waals surface area contributed by atoms with Crippen molar-refractivity contribution in [2.45, 2.75) is 32.9 Å². The van der Waals surface area contributed by atoms with Gasteiger partial charge in [0, 0.05) is 45.3 Å². The molecule has 0 bridgehead atoms. The van der Waals surface area contributed by atoms with E-state index in [9.17, 15) is 4.79 Å². The van der Waals surface area contributed by atoms with Crippen LogP contribution in [0.15, 0.2) is 30.5 Å². The molecule has 114 valence electrons. The van der Waals surface area contributed by atoms with Crippen LogP contribution in [0.4, 0.5) is 0 Å². The fourth-order valence-electron chi connectivity index (χ4n) is 2.38. The Morgan fingerprint density at radius 3 is 2.81 bits per heavy atom. The Morgan fingerprint density at radius 2 is 2.10 bits per heavy atom. The molecule has 21 heavy (non-hydrogen) atoms. The molecule has 2 aromatic rings. The molecule has 1 heterocycles. The number of fused-ring (bicyclic) bond motifs is 1. The molecule has 1 amide bonds. The van der Waals surface area contributed by atoms with Gasteiger partial charge in [-0.1, -0.05) is 19.1 Å². The fourth-order valence-corrected chi connectivity index (χ4v) is 2.38. The van der Waals surface area contributed by atoms with Crippen molar-refractivity contribution in [3.63, 3.8) is 0 Å². The summed E-state index contributed by atoms with van der Waals surface area (Å²) in [6.45, 7) is 4.83. The van der Waals surface area contributed by atoms with Gasteiger partial charge in [0.05, 0.1) is 0 Å². The molecule has 0 spiro atoms. The van der Waals surface area contributed by atoms with Crippen molar-refractivity contribution in [2.75, 3.05) is 20.6 Å². The Morgan fingerprint density at radius 1 is 1.29 bits per heavy atom. The normalized spacial score (nSPS) is 11.0. The highest BCUT2D eigenvalue weighted by atomic mass is 16.2. The highest BCUT2D eigenvalue weighted by Crippen LogP contribution is 2.18. The molecule has 0 radical (unpaired) electrons. The van der Waals surface area contributed by atoms with E-state index in [0.29, 0.717) is 6.42 Å². The number of hydrogen-bond donors (Lipinski definition) is 1. The highest BCUT2D eigenvalue weighted by molar-refractivity contribution is 5.81. The molecule has 0 fully saturated rings. The maximum atomic E-state index is 11.7. The summed E-state index contributed by atoms with van der Waals surface area (Å²) in [5.41, 5.74) is 2.49. The Hall–Kier alpha value is -1.81. The van der Waals surface area contributed by atoms with Crippen molar-refractivity contribution >= 4 is 16.8 Å². The maximum Gasteiger partial charge on any atom is 0.223 e. The van der Waals surface area contributed by atoms with Crippen molar-refractivity contribution < 1.29 is 4.79 Å². The second kappa shape index (κ2) is 7.27. The minimum Gasteiger partial charge on any atom is -0.349 e. The van der Waals surface area contributed by atoms with Crippen molar-refractivity contribution in [1.29, 1.82) is 0 Å². The second-order valence-corrected chi connectivity index (χ2v) is 5.62. The molecule has 4 nitrogen and oxygen atoms in total. The summed E-state index contributed by atoms with van der Waals surface area (Å²) in [5, 5.41) is 4.65. The lowest BCUT2D eigenvalue weighted by Gasteiger charge is -2.11. The van der Waals surface area contributed by atoms with E-state index in [1.807, 2.05) is 0 Å². The van der Waals surface area contributed by atoms with Gasteiger partial charge < -0.3 is 14.8 Å².